The van der Waals surface area contributed by atoms with Crippen molar-refractivity contribution in [3.63, 3.8) is 0 Å². The molecule has 1 aromatic rings. The van der Waals surface area contributed by atoms with Crippen LogP contribution in [0.1, 0.15) is 25.8 Å². The van der Waals surface area contributed by atoms with Gasteiger partial charge in [0.25, 0.3) is 5.69 Å². The van der Waals surface area contributed by atoms with E-state index < -0.39 is 21.1 Å². The highest BCUT2D eigenvalue weighted by atomic mass is 32.2. The van der Waals surface area contributed by atoms with Crippen molar-refractivity contribution >= 4 is 15.7 Å². The van der Waals surface area contributed by atoms with Crippen LogP contribution < -0.4 is 4.72 Å². The molecule has 0 amide bonds. The van der Waals surface area contributed by atoms with Gasteiger partial charge < -0.3 is 5.11 Å². The van der Waals surface area contributed by atoms with Crippen LogP contribution in [0.15, 0.2) is 23.1 Å². The molecule has 25 heavy (non-hydrogen) atoms. The highest BCUT2D eigenvalue weighted by molar-refractivity contribution is 7.89. The number of hydrogen-bond acceptors (Lipinski definition) is 6. The van der Waals surface area contributed by atoms with Crippen molar-refractivity contribution in [3.05, 3.63) is 33.9 Å². The summed E-state index contributed by atoms with van der Waals surface area (Å²) >= 11 is 0. The second-order valence-electron chi connectivity index (χ2n) is 6.85. The molecule has 3 atom stereocenters. The van der Waals surface area contributed by atoms with Crippen molar-refractivity contribution in [1.82, 2.24) is 9.62 Å². The summed E-state index contributed by atoms with van der Waals surface area (Å²) in [5, 5.41) is 21.1. The third-order valence-corrected chi connectivity index (χ3v) is 5.98. The average Bonchev–Trinajstić information content (AvgIpc) is 2.83. The molecule has 1 aromatic carbocycles. The van der Waals surface area contributed by atoms with Crippen LogP contribution in [0.2, 0.25) is 0 Å². The summed E-state index contributed by atoms with van der Waals surface area (Å²) in [5.74, 6) is 0.562. The number of nitro benzene ring substituents is 1. The Morgan fingerprint density at radius 3 is 2.68 bits per heavy atom. The molecule has 0 spiro atoms. The molecule has 1 fully saturated rings. The minimum Gasteiger partial charge on any atom is -0.390 e. The lowest BCUT2D eigenvalue weighted by Gasteiger charge is -2.24. The van der Waals surface area contributed by atoms with Gasteiger partial charge in [0, 0.05) is 37.3 Å². The molecule has 0 saturated carbocycles. The summed E-state index contributed by atoms with van der Waals surface area (Å²) in [7, 11) is -3.92. The Bertz CT molecular complexity index is 737. The van der Waals surface area contributed by atoms with Crippen LogP contribution in [-0.2, 0) is 10.0 Å². The number of likely N-dealkylation sites (tertiary alicyclic amines) is 1. The van der Waals surface area contributed by atoms with Gasteiger partial charge in [-0.3, -0.25) is 15.0 Å². The Labute approximate surface area is 148 Å². The lowest BCUT2D eigenvalue weighted by molar-refractivity contribution is -0.385. The fourth-order valence-electron chi connectivity index (χ4n) is 3.22. The molecule has 9 heteroatoms. The monoisotopic (exact) mass is 371 g/mol. The fourth-order valence-corrected chi connectivity index (χ4v) is 4.31. The standard InChI is InChI=1S/C16H25N3O5S/c1-11-6-13(3)18(9-11)10-14(20)8-17-25(23,24)15-5-4-12(2)16(7-15)19(21)22/h4-5,7,11,13-14,17,20H,6,8-10H2,1-3H3/t11?,13?,14-/m0/s1. The van der Waals surface area contributed by atoms with E-state index in [1.54, 1.807) is 6.92 Å². The van der Waals surface area contributed by atoms with E-state index in [1.807, 2.05) is 0 Å². The number of nitrogens with zero attached hydrogens (tertiary/aromatic N) is 2. The van der Waals surface area contributed by atoms with E-state index in [0.717, 1.165) is 19.0 Å². The number of β-amino-alcohol motifs (C(OH)–C–C–N with tert-alkyl or cyclic N) is 1. The molecule has 8 nitrogen and oxygen atoms in total. The van der Waals surface area contributed by atoms with Gasteiger partial charge >= 0.3 is 0 Å². The zero-order chi connectivity index (χ0) is 18.8. The summed E-state index contributed by atoms with van der Waals surface area (Å²) in [6.07, 6.45) is 0.217. The van der Waals surface area contributed by atoms with Crippen molar-refractivity contribution in [2.24, 2.45) is 5.92 Å². The van der Waals surface area contributed by atoms with Gasteiger partial charge in [0.2, 0.25) is 10.0 Å². The number of aliphatic hydroxyl groups is 1. The highest BCUT2D eigenvalue weighted by Gasteiger charge is 2.28. The number of aryl methyl sites for hydroxylation is 1. The summed E-state index contributed by atoms with van der Waals surface area (Å²) in [6, 6.07) is 4.12. The van der Waals surface area contributed by atoms with Crippen LogP contribution in [0.5, 0.6) is 0 Å². The minimum absolute atomic E-state index is 0.137. The summed E-state index contributed by atoms with van der Waals surface area (Å²) in [4.78, 5) is 12.3. The summed E-state index contributed by atoms with van der Waals surface area (Å²) in [6.45, 7) is 6.92. The molecule has 1 heterocycles. The second kappa shape index (κ2) is 7.77. The predicted molar refractivity (Wildman–Crippen MR) is 93.8 cm³/mol. The normalized spacial score (nSPS) is 22.9. The van der Waals surface area contributed by atoms with Crippen molar-refractivity contribution < 1.29 is 18.4 Å². The predicted octanol–water partition coefficient (Wildman–Crippen LogP) is 1.27. The molecule has 1 aliphatic rings. The molecule has 0 radical (unpaired) electrons. The number of nitro groups is 1. The molecule has 2 N–H and O–H groups in total. The van der Waals surface area contributed by atoms with E-state index in [4.69, 9.17) is 0 Å². The molecule has 1 saturated heterocycles. The molecule has 2 unspecified atom stereocenters. The van der Waals surface area contributed by atoms with Crippen LogP contribution in [0.25, 0.3) is 0 Å². The van der Waals surface area contributed by atoms with Gasteiger partial charge in [-0.15, -0.1) is 0 Å². The Kier molecular flexibility index (Phi) is 6.15. The van der Waals surface area contributed by atoms with Gasteiger partial charge in [-0.2, -0.15) is 0 Å². The lowest BCUT2D eigenvalue weighted by Crippen LogP contribution is -2.41. The maximum absolute atomic E-state index is 12.3. The van der Waals surface area contributed by atoms with Gasteiger partial charge in [-0.1, -0.05) is 13.0 Å². The average molecular weight is 371 g/mol. The maximum atomic E-state index is 12.3. The smallest absolute Gasteiger partial charge is 0.273 e. The first-order valence-corrected chi connectivity index (χ1v) is 9.75. The van der Waals surface area contributed by atoms with E-state index >= 15 is 0 Å². The third kappa shape index (κ3) is 4.97. The molecule has 1 aliphatic heterocycles. The zero-order valence-electron chi connectivity index (χ0n) is 14.7. The van der Waals surface area contributed by atoms with Gasteiger partial charge in [0.1, 0.15) is 0 Å². The van der Waals surface area contributed by atoms with Gasteiger partial charge in [-0.25, -0.2) is 13.1 Å². The molecular weight excluding hydrogens is 346 g/mol. The Balaban J connectivity index is 1.99. The molecule has 0 aromatic heterocycles. The van der Waals surface area contributed by atoms with Crippen LogP contribution in [0, 0.1) is 23.0 Å². The van der Waals surface area contributed by atoms with Crippen LogP contribution >= 0.6 is 0 Å². The first-order valence-electron chi connectivity index (χ1n) is 8.27. The van der Waals surface area contributed by atoms with Crippen LogP contribution in [0.3, 0.4) is 0 Å². The number of benzene rings is 1. The molecule has 0 bridgehead atoms. The van der Waals surface area contributed by atoms with Crippen molar-refractivity contribution in [1.29, 1.82) is 0 Å². The van der Waals surface area contributed by atoms with E-state index in [2.05, 4.69) is 23.5 Å². The first-order chi connectivity index (χ1) is 11.6. The van der Waals surface area contributed by atoms with E-state index in [-0.39, 0.29) is 17.1 Å². The van der Waals surface area contributed by atoms with E-state index in [0.29, 0.717) is 24.1 Å². The Morgan fingerprint density at radius 2 is 2.12 bits per heavy atom. The SMILES string of the molecule is Cc1ccc(S(=O)(=O)NC[C@H](O)CN2CC(C)CC2C)cc1[N+](=O)[O-]. The van der Waals surface area contributed by atoms with Gasteiger partial charge in [-0.05, 0) is 32.3 Å². The van der Waals surface area contributed by atoms with Crippen molar-refractivity contribution in [2.45, 2.75) is 44.2 Å². The third-order valence-electron chi connectivity index (χ3n) is 4.55. The van der Waals surface area contributed by atoms with E-state index in [1.165, 1.54) is 12.1 Å². The number of sulfonamides is 1. The molecule has 2 rings (SSSR count). The van der Waals surface area contributed by atoms with Gasteiger partial charge in [0.05, 0.1) is 15.9 Å². The van der Waals surface area contributed by atoms with Crippen molar-refractivity contribution in [3.8, 4) is 0 Å². The van der Waals surface area contributed by atoms with E-state index in [9.17, 15) is 23.6 Å². The lowest BCUT2D eigenvalue weighted by atomic mass is 10.1. The summed E-state index contributed by atoms with van der Waals surface area (Å²) < 4.78 is 27.0. The largest absolute Gasteiger partial charge is 0.390 e. The molecular formula is C16H25N3O5S. The molecule has 140 valence electrons. The van der Waals surface area contributed by atoms with Crippen LogP contribution in [-0.4, -0.2) is 55.1 Å². The topological polar surface area (TPSA) is 113 Å². The van der Waals surface area contributed by atoms with Gasteiger partial charge in [0.15, 0.2) is 0 Å². The second-order valence-corrected chi connectivity index (χ2v) is 8.62. The van der Waals surface area contributed by atoms with Crippen LogP contribution in [0.4, 0.5) is 5.69 Å². The number of hydrogen-bond donors (Lipinski definition) is 2. The zero-order valence-corrected chi connectivity index (χ0v) is 15.5. The first kappa shape index (κ1) is 19.8. The number of rotatable bonds is 7. The number of nitrogens with one attached hydrogen (secondary N) is 1. The minimum atomic E-state index is -3.92. The number of aliphatic hydroxyl groups excluding tert-OH is 1. The molecule has 0 aliphatic carbocycles. The fraction of sp³-hybridized carbons (Fsp3) is 0.625. The Hall–Kier alpha value is -1.55. The Morgan fingerprint density at radius 1 is 1.44 bits per heavy atom. The maximum Gasteiger partial charge on any atom is 0.273 e. The van der Waals surface area contributed by atoms with Crippen molar-refractivity contribution in [2.75, 3.05) is 19.6 Å². The quantitative estimate of drug-likeness (QED) is 0.551. The summed E-state index contributed by atoms with van der Waals surface area (Å²) in [5.41, 5.74) is 0.143. The highest BCUT2D eigenvalue weighted by Crippen LogP contribution is 2.23.